The second-order valence-corrected chi connectivity index (χ2v) is 7.62. The Bertz CT molecular complexity index is 756. The van der Waals surface area contributed by atoms with E-state index in [1.54, 1.807) is 18.5 Å². The lowest BCUT2D eigenvalue weighted by Crippen LogP contribution is -2.52. The summed E-state index contributed by atoms with van der Waals surface area (Å²) in [5, 5.41) is 0.825. The van der Waals surface area contributed by atoms with Crippen molar-refractivity contribution >= 4 is 16.7 Å². The van der Waals surface area contributed by atoms with Crippen LogP contribution in [0.2, 0.25) is 0 Å². The van der Waals surface area contributed by atoms with Gasteiger partial charge < -0.3 is 4.90 Å². The molecule has 126 valence electrons. The lowest BCUT2D eigenvalue weighted by molar-refractivity contribution is 0.135. The zero-order valence-electron chi connectivity index (χ0n) is 13.9. The Kier molecular flexibility index (Phi) is 3.44. The van der Waals surface area contributed by atoms with E-state index in [1.807, 2.05) is 0 Å². The fourth-order valence-corrected chi connectivity index (χ4v) is 5.19. The molecule has 5 rings (SSSR count). The number of aromatic nitrogens is 2. The van der Waals surface area contributed by atoms with Gasteiger partial charge in [-0.15, -0.1) is 0 Å². The van der Waals surface area contributed by atoms with Crippen molar-refractivity contribution in [2.45, 2.75) is 31.7 Å². The smallest absolute Gasteiger partial charge is 0.140 e. The average molecular weight is 326 g/mol. The van der Waals surface area contributed by atoms with E-state index in [1.165, 1.54) is 31.7 Å². The molecule has 0 N–H and O–H groups in total. The highest BCUT2D eigenvalue weighted by Gasteiger charge is 2.42. The first-order valence-corrected chi connectivity index (χ1v) is 9.17. The summed E-state index contributed by atoms with van der Waals surface area (Å²) in [6.07, 6.45) is 7.36. The molecule has 0 amide bonds. The van der Waals surface area contributed by atoms with Gasteiger partial charge in [0, 0.05) is 37.6 Å². The Morgan fingerprint density at radius 3 is 2.62 bits per heavy atom. The molecule has 1 saturated heterocycles. The predicted octanol–water partition coefficient (Wildman–Crippen LogP) is 3.08. The van der Waals surface area contributed by atoms with Crippen LogP contribution >= 0.6 is 0 Å². The highest BCUT2D eigenvalue weighted by molar-refractivity contribution is 5.89. The van der Waals surface area contributed by atoms with Crippen LogP contribution in [0.25, 0.3) is 10.9 Å². The number of halogens is 1. The molecule has 2 bridgehead atoms. The molecule has 1 aromatic carbocycles. The highest BCUT2D eigenvalue weighted by Crippen LogP contribution is 2.46. The monoisotopic (exact) mass is 326 g/mol. The van der Waals surface area contributed by atoms with Crippen molar-refractivity contribution < 1.29 is 4.39 Å². The van der Waals surface area contributed by atoms with E-state index in [-0.39, 0.29) is 5.82 Å². The van der Waals surface area contributed by atoms with Gasteiger partial charge in [-0.05, 0) is 49.3 Å². The van der Waals surface area contributed by atoms with E-state index in [0.717, 1.165) is 60.8 Å². The number of piperazine rings is 1. The van der Waals surface area contributed by atoms with E-state index in [9.17, 15) is 4.39 Å². The number of nitrogens with zero attached hydrogens (tertiary/aromatic N) is 4. The van der Waals surface area contributed by atoms with Gasteiger partial charge in [0.1, 0.15) is 18.0 Å². The van der Waals surface area contributed by atoms with E-state index in [2.05, 4.69) is 19.8 Å². The number of hydrogen-bond acceptors (Lipinski definition) is 4. The van der Waals surface area contributed by atoms with E-state index < -0.39 is 0 Å². The lowest BCUT2D eigenvalue weighted by atomic mass is 9.93. The van der Waals surface area contributed by atoms with Gasteiger partial charge in [0.15, 0.2) is 0 Å². The average Bonchev–Trinajstić information content (AvgIpc) is 3.25. The molecular formula is C19H23FN4. The zero-order chi connectivity index (χ0) is 16.1. The number of benzene rings is 1. The fraction of sp³-hybridized carbons (Fsp3) is 0.579. The number of fused-ring (bicyclic) bond motifs is 3. The summed E-state index contributed by atoms with van der Waals surface area (Å²) >= 11 is 0. The molecule has 1 aliphatic heterocycles. The summed E-state index contributed by atoms with van der Waals surface area (Å²) in [5.74, 6) is 2.59. The van der Waals surface area contributed by atoms with Crippen molar-refractivity contribution in [1.29, 1.82) is 0 Å². The molecule has 2 aliphatic carbocycles. The molecule has 1 aromatic heterocycles. The SMILES string of the molecule is Fc1ccc2ncnc(N3CCN(C4CC5CCC4C5)CC3)c2c1. The minimum atomic E-state index is -0.223. The van der Waals surface area contributed by atoms with Crippen molar-refractivity contribution in [1.82, 2.24) is 14.9 Å². The molecule has 2 saturated carbocycles. The van der Waals surface area contributed by atoms with Gasteiger partial charge in [0.2, 0.25) is 0 Å². The van der Waals surface area contributed by atoms with Crippen LogP contribution in [0.3, 0.4) is 0 Å². The molecule has 3 unspecified atom stereocenters. The minimum absolute atomic E-state index is 0.223. The van der Waals surface area contributed by atoms with Crippen molar-refractivity contribution in [2.24, 2.45) is 11.8 Å². The third-order valence-corrected chi connectivity index (χ3v) is 6.36. The molecule has 2 heterocycles. The van der Waals surface area contributed by atoms with Crippen LogP contribution in [0, 0.1) is 17.7 Å². The second-order valence-electron chi connectivity index (χ2n) is 7.62. The van der Waals surface area contributed by atoms with E-state index in [0.29, 0.717) is 0 Å². The van der Waals surface area contributed by atoms with Gasteiger partial charge in [-0.1, -0.05) is 6.42 Å². The van der Waals surface area contributed by atoms with Crippen molar-refractivity contribution in [3.8, 4) is 0 Å². The Morgan fingerprint density at radius 2 is 1.88 bits per heavy atom. The Hall–Kier alpha value is -1.75. The van der Waals surface area contributed by atoms with Gasteiger partial charge in [-0.3, -0.25) is 4.90 Å². The fourth-order valence-electron chi connectivity index (χ4n) is 5.19. The van der Waals surface area contributed by atoms with Crippen LogP contribution in [0.5, 0.6) is 0 Å². The molecule has 0 radical (unpaired) electrons. The zero-order valence-corrected chi connectivity index (χ0v) is 13.9. The molecule has 3 fully saturated rings. The molecule has 0 spiro atoms. The van der Waals surface area contributed by atoms with Gasteiger partial charge >= 0.3 is 0 Å². The molecule has 24 heavy (non-hydrogen) atoms. The number of hydrogen-bond donors (Lipinski definition) is 0. The normalized spacial score (nSPS) is 30.4. The maximum atomic E-state index is 13.7. The first-order chi connectivity index (χ1) is 11.8. The largest absolute Gasteiger partial charge is 0.353 e. The Labute approximate surface area is 141 Å². The van der Waals surface area contributed by atoms with Gasteiger partial charge in [-0.25, -0.2) is 14.4 Å². The van der Waals surface area contributed by atoms with Crippen LogP contribution in [0.1, 0.15) is 25.7 Å². The molecule has 3 atom stereocenters. The quantitative estimate of drug-likeness (QED) is 0.849. The standard InChI is InChI=1S/C19H23FN4/c20-15-3-4-17-16(11-15)19(22-12-21-17)24-7-5-23(6-8-24)18-10-13-1-2-14(18)9-13/h3-4,11-14,18H,1-2,5-10H2. The first-order valence-electron chi connectivity index (χ1n) is 9.17. The van der Waals surface area contributed by atoms with Crippen LogP contribution in [0.15, 0.2) is 24.5 Å². The summed E-state index contributed by atoms with van der Waals surface area (Å²) in [6.45, 7) is 4.12. The Morgan fingerprint density at radius 1 is 1.00 bits per heavy atom. The topological polar surface area (TPSA) is 32.3 Å². The van der Waals surface area contributed by atoms with Crippen molar-refractivity contribution in [2.75, 3.05) is 31.1 Å². The minimum Gasteiger partial charge on any atom is -0.353 e. The number of rotatable bonds is 2. The van der Waals surface area contributed by atoms with Crippen LogP contribution < -0.4 is 4.90 Å². The molecule has 2 aromatic rings. The number of anilines is 1. The predicted molar refractivity (Wildman–Crippen MR) is 92.5 cm³/mol. The highest BCUT2D eigenvalue weighted by atomic mass is 19.1. The third kappa shape index (κ3) is 2.37. The molecular weight excluding hydrogens is 303 g/mol. The second kappa shape index (κ2) is 5.66. The summed E-state index contributed by atoms with van der Waals surface area (Å²) in [6, 6.07) is 5.58. The summed E-state index contributed by atoms with van der Waals surface area (Å²) in [7, 11) is 0. The van der Waals surface area contributed by atoms with E-state index in [4.69, 9.17) is 0 Å². The molecule has 5 heteroatoms. The van der Waals surface area contributed by atoms with Gasteiger partial charge in [-0.2, -0.15) is 0 Å². The van der Waals surface area contributed by atoms with Crippen LogP contribution in [-0.4, -0.2) is 47.1 Å². The third-order valence-electron chi connectivity index (χ3n) is 6.36. The van der Waals surface area contributed by atoms with E-state index >= 15 is 0 Å². The van der Waals surface area contributed by atoms with Crippen LogP contribution in [0.4, 0.5) is 10.2 Å². The summed E-state index contributed by atoms with van der Waals surface area (Å²) in [4.78, 5) is 13.7. The maximum Gasteiger partial charge on any atom is 0.140 e. The summed E-state index contributed by atoms with van der Waals surface area (Å²) < 4.78 is 13.7. The summed E-state index contributed by atoms with van der Waals surface area (Å²) in [5.41, 5.74) is 0.817. The lowest BCUT2D eigenvalue weighted by Gasteiger charge is -2.41. The molecule has 4 nitrogen and oxygen atoms in total. The van der Waals surface area contributed by atoms with Crippen molar-refractivity contribution in [3.05, 3.63) is 30.3 Å². The van der Waals surface area contributed by atoms with Crippen LogP contribution in [-0.2, 0) is 0 Å². The first kappa shape index (κ1) is 14.6. The van der Waals surface area contributed by atoms with Crippen molar-refractivity contribution in [3.63, 3.8) is 0 Å². The van der Waals surface area contributed by atoms with Gasteiger partial charge in [0.05, 0.1) is 5.52 Å². The Balaban J connectivity index is 1.34. The van der Waals surface area contributed by atoms with Gasteiger partial charge in [0.25, 0.3) is 0 Å². The molecule has 3 aliphatic rings. The maximum absolute atomic E-state index is 13.7.